The van der Waals surface area contributed by atoms with Crippen LogP contribution in [0.1, 0.15) is 5.82 Å². The number of hydrogen-bond donors (Lipinski definition) is 2. The minimum absolute atomic E-state index is 0.240. The number of para-hydroxylation sites is 2. The van der Waals surface area contributed by atoms with Crippen LogP contribution in [-0.2, 0) is 7.05 Å². The first-order valence-electron chi connectivity index (χ1n) is 4.19. The molecule has 2 aromatic rings. The highest BCUT2D eigenvalue weighted by Gasteiger charge is 2.09. The van der Waals surface area contributed by atoms with Crippen molar-refractivity contribution in [3.63, 3.8) is 0 Å². The molecule has 0 amide bonds. The maximum absolute atomic E-state index is 5.60. The summed E-state index contributed by atoms with van der Waals surface area (Å²) in [4.78, 5) is 4.31. The average Bonchev–Trinajstić information content (AvgIpc) is 2.56. The maximum atomic E-state index is 5.60. The molecule has 0 bridgehead atoms. The molecule has 0 radical (unpaired) electrons. The summed E-state index contributed by atoms with van der Waals surface area (Å²) in [5.74, 6) is 5.94. The average molecular weight is 189 g/mol. The van der Waals surface area contributed by atoms with Crippen molar-refractivity contribution in [2.75, 3.05) is 0 Å². The van der Waals surface area contributed by atoms with E-state index >= 15 is 0 Å². The van der Waals surface area contributed by atoms with E-state index in [0.717, 1.165) is 11.0 Å². The van der Waals surface area contributed by atoms with E-state index in [4.69, 9.17) is 11.6 Å². The Kier molecular flexibility index (Phi) is 1.85. The second-order valence-electron chi connectivity index (χ2n) is 3.00. The summed E-state index contributed by atoms with van der Waals surface area (Å²) in [6.07, 6.45) is 0. The topological polar surface area (TPSA) is 82.2 Å². The van der Waals surface area contributed by atoms with Crippen molar-refractivity contribution < 1.29 is 0 Å². The van der Waals surface area contributed by atoms with Gasteiger partial charge in [0.2, 0.25) is 0 Å². The molecular formula is C9H11N5. The van der Waals surface area contributed by atoms with Crippen LogP contribution in [0.2, 0.25) is 0 Å². The monoisotopic (exact) mass is 189 g/mol. The Morgan fingerprint density at radius 3 is 2.79 bits per heavy atom. The predicted molar refractivity (Wildman–Crippen MR) is 55.6 cm³/mol. The first-order valence-corrected chi connectivity index (χ1v) is 4.19. The molecule has 0 unspecified atom stereocenters. The van der Waals surface area contributed by atoms with Gasteiger partial charge in [-0.05, 0) is 12.1 Å². The molecule has 0 spiro atoms. The summed E-state index contributed by atoms with van der Waals surface area (Å²) < 4.78 is 1.86. The molecule has 4 N–H and O–H groups in total. The van der Waals surface area contributed by atoms with Gasteiger partial charge < -0.3 is 16.1 Å². The lowest BCUT2D eigenvalue weighted by atomic mass is 10.3. The molecule has 0 fully saturated rings. The highest BCUT2D eigenvalue weighted by atomic mass is 15.2. The van der Waals surface area contributed by atoms with E-state index in [0.29, 0.717) is 5.82 Å². The summed E-state index contributed by atoms with van der Waals surface area (Å²) in [6, 6.07) is 7.76. The van der Waals surface area contributed by atoms with Crippen LogP contribution in [0.4, 0.5) is 0 Å². The zero-order valence-electron chi connectivity index (χ0n) is 7.81. The van der Waals surface area contributed by atoms with Gasteiger partial charge >= 0.3 is 0 Å². The quantitative estimate of drug-likeness (QED) is 0.290. The van der Waals surface area contributed by atoms with E-state index in [1.54, 1.807) is 0 Å². The van der Waals surface area contributed by atoms with Gasteiger partial charge in [-0.1, -0.05) is 12.1 Å². The minimum atomic E-state index is 0.240. The Morgan fingerprint density at radius 2 is 2.14 bits per heavy atom. The predicted octanol–water partition coefficient (Wildman–Crippen LogP) is 0.152. The fourth-order valence-corrected chi connectivity index (χ4v) is 1.43. The fourth-order valence-electron chi connectivity index (χ4n) is 1.43. The molecular weight excluding hydrogens is 178 g/mol. The van der Waals surface area contributed by atoms with E-state index in [2.05, 4.69) is 10.1 Å². The van der Waals surface area contributed by atoms with Crippen molar-refractivity contribution >= 4 is 16.9 Å². The number of benzene rings is 1. The molecule has 0 aliphatic rings. The van der Waals surface area contributed by atoms with Gasteiger partial charge in [-0.3, -0.25) is 0 Å². The van der Waals surface area contributed by atoms with Crippen LogP contribution in [0.3, 0.4) is 0 Å². The normalized spacial score (nSPS) is 12.2. The lowest BCUT2D eigenvalue weighted by Gasteiger charge is -1.99. The van der Waals surface area contributed by atoms with Crippen LogP contribution in [0.5, 0.6) is 0 Å². The van der Waals surface area contributed by atoms with Crippen LogP contribution >= 0.6 is 0 Å². The Labute approximate surface area is 81.0 Å². The number of hydrogen-bond acceptors (Lipinski definition) is 3. The number of amidine groups is 1. The third-order valence-electron chi connectivity index (χ3n) is 2.16. The molecule has 2 rings (SSSR count). The molecule has 0 aliphatic carbocycles. The first-order chi connectivity index (χ1) is 6.74. The number of hydrazone groups is 1. The molecule has 0 atom stereocenters. The van der Waals surface area contributed by atoms with Gasteiger partial charge in [-0.2, -0.15) is 5.10 Å². The molecule has 1 aromatic carbocycles. The Morgan fingerprint density at radius 1 is 1.43 bits per heavy atom. The third-order valence-corrected chi connectivity index (χ3v) is 2.16. The number of rotatable bonds is 1. The van der Waals surface area contributed by atoms with Crippen LogP contribution < -0.4 is 11.6 Å². The largest absolute Gasteiger partial charge is 0.379 e. The van der Waals surface area contributed by atoms with Gasteiger partial charge in [0.1, 0.15) is 0 Å². The maximum Gasteiger partial charge on any atom is 0.186 e. The number of aryl methyl sites for hydroxylation is 1. The highest BCUT2D eigenvalue weighted by molar-refractivity contribution is 5.97. The minimum Gasteiger partial charge on any atom is -0.379 e. The van der Waals surface area contributed by atoms with Gasteiger partial charge in [-0.25, -0.2) is 4.98 Å². The third kappa shape index (κ3) is 1.10. The Bertz CT molecular complexity index is 497. The number of aromatic nitrogens is 2. The van der Waals surface area contributed by atoms with Crippen LogP contribution in [0.15, 0.2) is 29.4 Å². The summed E-state index contributed by atoms with van der Waals surface area (Å²) in [5, 5.41) is 3.43. The van der Waals surface area contributed by atoms with Gasteiger partial charge in [0.25, 0.3) is 0 Å². The highest BCUT2D eigenvalue weighted by Crippen LogP contribution is 2.13. The SMILES string of the molecule is Cn1c(/C(N)=N\N)nc2ccccc21. The van der Waals surface area contributed by atoms with Crippen molar-refractivity contribution in [2.45, 2.75) is 0 Å². The van der Waals surface area contributed by atoms with E-state index in [1.807, 2.05) is 35.9 Å². The van der Waals surface area contributed by atoms with Crippen LogP contribution in [0.25, 0.3) is 11.0 Å². The first kappa shape index (κ1) is 8.55. The molecule has 72 valence electrons. The summed E-state index contributed by atoms with van der Waals surface area (Å²) in [6.45, 7) is 0. The lowest BCUT2D eigenvalue weighted by molar-refractivity contribution is 0.923. The molecule has 1 heterocycles. The lowest BCUT2D eigenvalue weighted by Crippen LogP contribution is -2.20. The van der Waals surface area contributed by atoms with E-state index in [1.165, 1.54) is 0 Å². The number of nitrogens with two attached hydrogens (primary N) is 2. The Balaban J connectivity index is 2.75. The second kappa shape index (κ2) is 3.02. The standard InChI is InChI=1S/C9H11N5/c1-14-7-5-3-2-4-6(7)12-9(14)8(10)13-11/h2-5H,11H2,1H3,(H2,10,13). The Hall–Kier alpha value is -2.04. The molecule has 14 heavy (non-hydrogen) atoms. The molecule has 1 aromatic heterocycles. The summed E-state index contributed by atoms with van der Waals surface area (Å²) >= 11 is 0. The zero-order chi connectivity index (χ0) is 10.1. The smallest absolute Gasteiger partial charge is 0.186 e. The number of imidazole rings is 1. The van der Waals surface area contributed by atoms with Crippen molar-refractivity contribution in [3.05, 3.63) is 30.1 Å². The van der Waals surface area contributed by atoms with Crippen molar-refractivity contribution in [1.29, 1.82) is 0 Å². The summed E-state index contributed by atoms with van der Waals surface area (Å²) in [7, 11) is 1.88. The second-order valence-corrected chi connectivity index (χ2v) is 3.00. The van der Waals surface area contributed by atoms with Gasteiger partial charge in [0, 0.05) is 7.05 Å². The van der Waals surface area contributed by atoms with Gasteiger partial charge in [0.05, 0.1) is 11.0 Å². The molecule has 5 nitrogen and oxygen atoms in total. The zero-order valence-corrected chi connectivity index (χ0v) is 7.81. The van der Waals surface area contributed by atoms with Crippen molar-refractivity contribution in [1.82, 2.24) is 9.55 Å². The van der Waals surface area contributed by atoms with Crippen molar-refractivity contribution in [2.24, 2.45) is 23.7 Å². The van der Waals surface area contributed by atoms with E-state index in [-0.39, 0.29) is 5.84 Å². The molecule has 0 saturated carbocycles. The van der Waals surface area contributed by atoms with Crippen LogP contribution in [-0.4, -0.2) is 15.4 Å². The summed E-state index contributed by atoms with van der Waals surface area (Å²) in [5.41, 5.74) is 7.49. The molecule has 0 saturated heterocycles. The van der Waals surface area contributed by atoms with E-state index in [9.17, 15) is 0 Å². The number of nitrogens with zero attached hydrogens (tertiary/aromatic N) is 3. The van der Waals surface area contributed by atoms with Gasteiger partial charge in [0.15, 0.2) is 11.7 Å². The van der Waals surface area contributed by atoms with Crippen LogP contribution in [0, 0.1) is 0 Å². The number of fused-ring (bicyclic) bond motifs is 1. The van der Waals surface area contributed by atoms with Gasteiger partial charge in [-0.15, -0.1) is 0 Å². The molecule has 0 aliphatic heterocycles. The fraction of sp³-hybridized carbons (Fsp3) is 0.111. The van der Waals surface area contributed by atoms with Crippen molar-refractivity contribution in [3.8, 4) is 0 Å². The molecule has 5 heteroatoms. The van der Waals surface area contributed by atoms with E-state index < -0.39 is 0 Å².